The molecule has 0 atom stereocenters. The molecule has 3 N–H and O–H groups in total. The van der Waals surface area contributed by atoms with Gasteiger partial charge in [0.25, 0.3) is 0 Å². The van der Waals surface area contributed by atoms with Crippen LogP contribution >= 0.6 is 10.8 Å². The summed E-state index contributed by atoms with van der Waals surface area (Å²) in [6.07, 6.45) is 0. The average molecular weight is 276 g/mol. The topological polar surface area (TPSA) is 72.8 Å². The Morgan fingerprint density at radius 1 is 0.947 bits per heavy atom. The molecule has 1 heterocycles. The summed E-state index contributed by atoms with van der Waals surface area (Å²) in [6, 6.07) is 15.2. The Balaban J connectivity index is 2.19. The summed E-state index contributed by atoms with van der Waals surface area (Å²) in [6.45, 7) is 0. The Labute approximate surface area is 112 Å². The fourth-order valence-corrected chi connectivity index (χ4v) is 3.21. The fraction of sp³-hybridized carbons (Fsp3) is 0. The third kappa shape index (κ3) is 1.95. The molecule has 3 rings (SSSR count). The molecule has 5 nitrogen and oxygen atoms in total. The van der Waals surface area contributed by atoms with Crippen LogP contribution in [0.15, 0.2) is 59.5 Å². The molecule has 0 fully saturated rings. The average Bonchev–Trinajstić information content (AvgIpc) is 2.39. The predicted octanol–water partition coefficient (Wildman–Crippen LogP) is 3.57. The van der Waals surface area contributed by atoms with E-state index in [1.54, 1.807) is 36.4 Å². The molecule has 2 amide bonds. The number of urea groups is 1. The zero-order chi connectivity index (χ0) is 13.5. The summed E-state index contributed by atoms with van der Waals surface area (Å²) in [5, 5.41) is 0. The van der Waals surface area contributed by atoms with Crippen molar-refractivity contribution in [2.75, 3.05) is 4.90 Å². The quantitative estimate of drug-likeness (QED) is 0.745. The molecule has 0 spiro atoms. The van der Waals surface area contributed by atoms with E-state index in [1.165, 1.54) is 4.90 Å². The van der Waals surface area contributed by atoms with Crippen LogP contribution in [0.1, 0.15) is 0 Å². The molecule has 98 valence electrons. The largest absolute Gasteiger partial charge is 0.345 e. The molecule has 0 unspecified atom stereocenters. The van der Waals surface area contributed by atoms with E-state index in [9.17, 15) is 13.9 Å². The van der Waals surface area contributed by atoms with Crippen molar-refractivity contribution < 1.29 is 13.9 Å². The summed E-state index contributed by atoms with van der Waals surface area (Å²) < 4.78 is 22.1. The molecule has 2 aromatic carbocycles. The van der Waals surface area contributed by atoms with E-state index in [4.69, 9.17) is 0 Å². The van der Waals surface area contributed by atoms with Crippen molar-refractivity contribution >= 4 is 28.2 Å². The fourth-order valence-electron chi connectivity index (χ4n) is 2.05. The minimum Gasteiger partial charge on any atom is -0.278 e. The Morgan fingerprint density at radius 3 is 2.32 bits per heavy atom. The molecule has 0 saturated carbocycles. The molecule has 0 saturated heterocycles. The number of benzene rings is 2. The van der Waals surface area contributed by atoms with Crippen molar-refractivity contribution in [2.45, 2.75) is 4.90 Å². The summed E-state index contributed by atoms with van der Waals surface area (Å²) in [5.41, 5.74) is 1.15. The van der Waals surface area contributed by atoms with Gasteiger partial charge in [0.15, 0.2) is 0 Å². The number of anilines is 2. The second-order valence-corrected chi connectivity index (χ2v) is 5.84. The normalized spacial score (nSPS) is 18.4. The van der Waals surface area contributed by atoms with Crippen molar-refractivity contribution in [3.63, 3.8) is 0 Å². The van der Waals surface area contributed by atoms with Crippen LogP contribution < -0.4 is 9.62 Å². The predicted molar refractivity (Wildman–Crippen MR) is 74.7 cm³/mol. The third-order valence-corrected chi connectivity index (χ3v) is 4.28. The molecule has 6 heteroatoms. The van der Waals surface area contributed by atoms with E-state index in [0.29, 0.717) is 16.3 Å². The van der Waals surface area contributed by atoms with Gasteiger partial charge in [-0.2, -0.15) is 0 Å². The Morgan fingerprint density at radius 2 is 1.58 bits per heavy atom. The van der Waals surface area contributed by atoms with Crippen molar-refractivity contribution in [3.8, 4) is 0 Å². The third-order valence-electron chi connectivity index (χ3n) is 2.86. The van der Waals surface area contributed by atoms with Crippen LogP contribution in [0.25, 0.3) is 0 Å². The van der Waals surface area contributed by atoms with E-state index in [2.05, 4.69) is 4.72 Å². The molecule has 0 bridgehead atoms. The van der Waals surface area contributed by atoms with E-state index in [1.807, 2.05) is 18.2 Å². The van der Waals surface area contributed by atoms with Gasteiger partial charge in [0.1, 0.15) is 4.90 Å². The highest BCUT2D eigenvalue weighted by Gasteiger charge is 2.34. The number of para-hydroxylation sites is 2. The highest BCUT2D eigenvalue weighted by Crippen LogP contribution is 2.53. The van der Waals surface area contributed by atoms with Gasteiger partial charge in [0, 0.05) is 0 Å². The molecular weight excluding hydrogens is 264 g/mol. The van der Waals surface area contributed by atoms with Gasteiger partial charge in [-0.05, 0) is 24.3 Å². The van der Waals surface area contributed by atoms with Crippen LogP contribution in [0.2, 0.25) is 0 Å². The zero-order valence-electron chi connectivity index (χ0n) is 9.85. The van der Waals surface area contributed by atoms with Crippen molar-refractivity contribution in [1.29, 1.82) is 0 Å². The number of amides is 2. The number of nitrogens with one attached hydrogen (secondary N) is 1. The smallest absolute Gasteiger partial charge is 0.278 e. The maximum absolute atomic E-state index is 12.1. The lowest BCUT2D eigenvalue weighted by atomic mass is 10.2. The van der Waals surface area contributed by atoms with E-state index < -0.39 is 16.8 Å². The first kappa shape index (κ1) is 12.0. The van der Waals surface area contributed by atoms with Crippen LogP contribution in [0.4, 0.5) is 16.2 Å². The van der Waals surface area contributed by atoms with Gasteiger partial charge in [-0.15, -0.1) is 0 Å². The number of fused-ring (bicyclic) bond motifs is 1. The number of hydrogen-bond donors (Lipinski definition) is 3. The standard InChI is InChI=1S/C13H12N2O3S/c16-13-14-19(17,18)12-9-5-4-8-11(12)15(13)10-6-2-1-3-7-10/h1-9,17-18H,(H,14,16). The van der Waals surface area contributed by atoms with E-state index in [-0.39, 0.29) is 0 Å². The summed E-state index contributed by atoms with van der Waals surface area (Å²) in [5.74, 6) is 0. The van der Waals surface area contributed by atoms with Gasteiger partial charge in [-0.25, -0.2) is 9.52 Å². The van der Waals surface area contributed by atoms with Gasteiger partial charge in [-0.3, -0.25) is 14.0 Å². The van der Waals surface area contributed by atoms with Crippen molar-refractivity contribution in [3.05, 3.63) is 54.6 Å². The van der Waals surface area contributed by atoms with Crippen molar-refractivity contribution in [1.82, 2.24) is 4.72 Å². The number of rotatable bonds is 1. The van der Waals surface area contributed by atoms with Gasteiger partial charge < -0.3 is 0 Å². The number of carbonyl (C=O) groups is 1. The first-order chi connectivity index (χ1) is 9.09. The summed E-state index contributed by atoms with van der Waals surface area (Å²) in [7, 11) is -3.27. The lowest BCUT2D eigenvalue weighted by molar-refractivity contribution is 0.251. The summed E-state index contributed by atoms with van der Waals surface area (Å²) in [4.78, 5) is 13.8. The number of nitrogens with zero attached hydrogens (tertiary/aromatic N) is 1. The highest BCUT2D eigenvalue weighted by atomic mass is 32.3. The molecule has 2 aromatic rings. The van der Waals surface area contributed by atoms with Gasteiger partial charge in [0.05, 0.1) is 11.4 Å². The van der Waals surface area contributed by atoms with Crippen LogP contribution in [0.5, 0.6) is 0 Å². The van der Waals surface area contributed by atoms with E-state index in [0.717, 1.165) is 0 Å². The van der Waals surface area contributed by atoms with Gasteiger partial charge in [-0.1, -0.05) is 41.1 Å². The van der Waals surface area contributed by atoms with Gasteiger partial charge in [0.2, 0.25) is 0 Å². The Kier molecular flexibility index (Phi) is 2.70. The second-order valence-electron chi connectivity index (χ2n) is 4.09. The van der Waals surface area contributed by atoms with E-state index >= 15 is 0 Å². The van der Waals surface area contributed by atoms with Crippen molar-refractivity contribution in [2.24, 2.45) is 0 Å². The first-order valence-electron chi connectivity index (χ1n) is 5.64. The maximum atomic E-state index is 12.1. The SMILES string of the molecule is O=C1NS(O)(O)c2ccccc2N1c1ccccc1. The molecule has 1 aliphatic rings. The van der Waals surface area contributed by atoms with Crippen LogP contribution in [0.3, 0.4) is 0 Å². The second kappa shape index (κ2) is 4.27. The molecule has 1 aliphatic heterocycles. The van der Waals surface area contributed by atoms with Crippen LogP contribution in [0, 0.1) is 0 Å². The molecule has 0 aromatic heterocycles. The van der Waals surface area contributed by atoms with Crippen LogP contribution in [-0.2, 0) is 0 Å². The lowest BCUT2D eigenvalue weighted by Crippen LogP contribution is -2.43. The Hall–Kier alpha value is -2.02. The molecule has 0 radical (unpaired) electrons. The summed E-state index contributed by atoms with van der Waals surface area (Å²) >= 11 is 0. The first-order valence-corrected chi connectivity index (χ1v) is 7.18. The van der Waals surface area contributed by atoms with Crippen LogP contribution in [-0.4, -0.2) is 15.1 Å². The highest BCUT2D eigenvalue weighted by molar-refractivity contribution is 8.23. The lowest BCUT2D eigenvalue weighted by Gasteiger charge is -2.42. The molecule has 19 heavy (non-hydrogen) atoms. The minimum atomic E-state index is -3.27. The molecule has 0 aliphatic carbocycles. The maximum Gasteiger partial charge on any atom is 0.345 e. The molecular formula is C13H12N2O3S. The number of carbonyl (C=O) groups excluding carboxylic acids is 1. The number of hydrogen-bond acceptors (Lipinski definition) is 3. The Bertz CT molecular complexity index is 631. The zero-order valence-corrected chi connectivity index (χ0v) is 10.7. The van der Waals surface area contributed by atoms with Gasteiger partial charge >= 0.3 is 6.03 Å². The minimum absolute atomic E-state index is 0.318. The monoisotopic (exact) mass is 276 g/mol.